The number of carbonyl (C=O) groups is 2. The largest absolute Gasteiger partial charge is 0.452 e. The van der Waals surface area contributed by atoms with Crippen molar-refractivity contribution in [2.24, 2.45) is 0 Å². The van der Waals surface area contributed by atoms with E-state index < -0.39 is 28.3 Å². The minimum atomic E-state index is -3.57. The minimum Gasteiger partial charge on any atom is -0.452 e. The van der Waals surface area contributed by atoms with Crippen LogP contribution in [-0.4, -0.2) is 32.7 Å². The first kappa shape index (κ1) is 20.1. The molecule has 0 unspecified atom stereocenters. The van der Waals surface area contributed by atoms with Gasteiger partial charge in [0.1, 0.15) is 0 Å². The van der Waals surface area contributed by atoms with Crippen molar-refractivity contribution in [3.8, 4) is 0 Å². The van der Waals surface area contributed by atoms with Gasteiger partial charge in [0.15, 0.2) is 16.4 Å². The Balaban J connectivity index is 1.64. The molecule has 6 nitrogen and oxygen atoms in total. The Labute approximate surface area is 164 Å². The van der Waals surface area contributed by atoms with Gasteiger partial charge in [-0.05, 0) is 42.5 Å². The number of aryl methyl sites for hydroxylation is 1. The molecule has 3 rings (SSSR count). The van der Waals surface area contributed by atoms with Crippen molar-refractivity contribution >= 4 is 21.7 Å². The number of fused-ring (bicyclic) bond motifs is 1. The molecule has 0 aliphatic heterocycles. The second-order valence-corrected chi connectivity index (χ2v) is 8.93. The first-order chi connectivity index (χ1) is 13.4. The van der Waals surface area contributed by atoms with Crippen LogP contribution in [0.5, 0.6) is 0 Å². The standard InChI is InChI=1S/C21H23NO5S/c1-2-28(25,26)19-13-6-5-11-17(19)21(24)27-14-20(23)22-18-12-7-9-15-8-3-4-10-16(15)18/h3-6,8,10-11,13,18H,2,7,9,12,14H2,1H3,(H,22,23)/t18-/m1/s1. The molecule has 0 bridgehead atoms. The van der Waals surface area contributed by atoms with E-state index in [1.807, 2.05) is 18.2 Å². The van der Waals surface area contributed by atoms with Crippen molar-refractivity contribution in [1.82, 2.24) is 5.32 Å². The molecule has 1 amide bonds. The Morgan fingerprint density at radius 2 is 1.82 bits per heavy atom. The van der Waals surface area contributed by atoms with Gasteiger partial charge in [-0.3, -0.25) is 4.79 Å². The summed E-state index contributed by atoms with van der Waals surface area (Å²) < 4.78 is 29.4. The SMILES string of the molecule is CCS(=O)(=O)c1ccccc1C(=O)OCC(=O)N[C@@H]1CCCc2ccccc21. The van der Waals surface area contributed by atoms with Crippen LogP contribution in [0, 0.1) is 0 Å². The van der Waals surface area contributed by atoms with Crippen molar-refractivity contribution < 1.29 is 22.7 Å². The second-order valence-electron chi connectivity index (χ2n) is 6.69. The molecule has 0 aromatic heterocycles. The molecule has 148 valence electrons. The third-order valence-corrected chi connectivity index (χ3v) is 6.65. The molecule has 2 aromatic rings. The van der Waals surface area contributed by atoms with Gasteiger partial charge < -0.3 is 10.1 Å². The molecule has 2 aromatic carbocycles. The molecule has 0 heterocycles. The fourth-order valence-electron chi connectivity index (χ4n) is 3.41. The maximum Gasteiger partial charge on any atom is 0.339 e. The molecule has 0 fully saturated rings. The molecule has 1 N–H and O–H groups in total. The summed E-state index contributed by atoms with van der Waals surface area (Å²) in [5, 5.41) is 2.90. The van der Waals surface area contributed by atoms with Gasteiger partial charge in [0, 0.05) is 0 Å². The Morgan fingerprint density at radius 1 is 1.11 bits per heavy atom. The lowest BCUT2D eigenvalue weighted by Crippen LogP contribution is -2.34. The highest BCUT2D eigenvalue weighted by atomic mass is 32.2. The van der Waals surface area contributed by atoms with E-state index in [4.69, 9.17) is 4.74 Å². The van der Waals surface area contributed by atoms with E-state index in [0.717, 1.165) is 24.8 Å². The van der Waals surface area contributed by atoms with E-state index in [9.17, 15) is 18.0 Å². The van der Waals surface area contributed by atoms with Gasteiger partial charge in [-0.2, -0.15) is 0 Å². The summed E-state index contributed by atoms with van der Waals surface area (Å²) in [5.41, 5.74) is 2.25. The average molecular weight is 401 g/mol. The number of esters is 1. The Morgan fingerprint density at radius 3 is 2.61 bits per heavy atom. The fraction of sp³-hybridized carbons (Fsp3) is 0.333. The minimum absolute atomic E-state index is 0.0554. The van der Waals surface area contributed by atoms with Gasteiger partial charge in [0.2, 0.25) is 0 Å². The number of ether oxygens (including phenoxy) is 1. The molecule has 0 saturated carbocycles. The van der Waals surface area contributed by atoms with E-state index in [1.54, 1.807) is 12.1 Å². The van der Waals surface area contributed by atoms with Crippen LogP contribution >= 0.6 is 0 Å². The summed E-state index contributed by atoms with van der Waals surface area (Å²) >= 11 is 0. The van der Waals surface area contributed by atoms with Gasteiger partial charge >= 0.3 is 5.97 Å². The molecule has 0 saturated heterocycles. The zero-order valence-corrected chi connectivity index (χ0v) is 16.5. The monoisotopic (exact) mass is 401 g/mol. The fourth-order valence-corrected chi connectivity index (χ4v) is 4.49. The predicted molar refractivity (Wildman–Crippen MR) is 105 cm³/mol. The summed E-state index contributed by atoms with van der Waals surface area (Å²) in [4.78, 5) is 24.6. The third-order valence-electron chi connectivity index (χ3n) is 4.86. The molecule has 1 aliphatic rings. The topological polar surface area (TPSA) is 89.5 Å². The number of carbonyl (C=O) groups excluding carboxylic acids is 2. The van der Waals surface area contributed by atoms with E-state index in [1.165, 1.54) is 24.6 Å². The number of sulfone groups is 1. The van der Waals surface area contributed by atoms with E-state index in [2.05, 4.69) is 11.4 Å². The van der Waals surface area contributed by atoms with Crippen molar-refractivity contribution in [1.29, 1.82) is 0 Å². The molecule has 28 heavy (non-hydrogen) atoms. The summed E-state index contributed by atoms with van der Waals surface area (Å²) in [6, 6.07) is 13.7. The number of nitrogens with one attached hydrogen (secondary N) is 1. The van der Waals surface area contributed by atoms with E-state index in [-0.39, 0.29) is 22.3 Å². The zero-order chi connectivity index (χ0) is 20.1. The van der Waals surface area contributed by atoms with Crippen molar-refractivity contribution in [2.45, 2.75) is 37.1 Å². The number of hydrogen-bond acceptors (Lipinski definition) is 5. The van der Waals surface area contributed by atoms with Gasteiger partial charge in [0.05, 0.1) is 22.3 Å². The van der Waals surface area contributed by atoms with Crippen molar-refractivity contribution in [2.75, 3.05) is 12.4 Å². The summed E-state index contributed by atoms with van der Waals surface area (Å²) in [6.45, 7) is 1.05. The van der Waals surface area contributed by atoms with Gasteiger partial charge in [0.25, 0.3) is 5.91 Å². The molecule has 7 heteroatoms. The first-order valence-electron chi connectivity index (χ1n) is 9.28. The molecular formula is C21H23NO5S. The first-order valence-corrected chi connectivity index (χ1v) is 10.9. The summed E-state index contributed by atoms with van der Waals surface area (Å²) in [7, 11) is -3.57. The Bertz CT molecular complexity index is 984. The third kappa shape index (κ3) is 4.42. The maximum absolute atomic E-state index is 12.4. The summed E-state index contributed by atoms with van der Waals surface area (Å²) in [6.07, 6.45) is 2.79. The normalized spacial score (nSPS) is 16.1. The van der Waals surface area contributed by atoms with Crippen molar-refractivity contribution in [3.05, 3.63) is 65.2 Å². The van der Waals surface area contributed by atoms with E-state index in [0.29, 0.717) is 0 Å². The van der Waals surface area contributed by atoms with Gasteiger partial charge in [-0.1, -0.05) is 43.3 Å². The second kappa shape index (κ2) is 8.56. The van der Waals surface area contributed by atoms with Crippen molar-refractivity contribution in [3.63, 3.8) is 0 Å². The van der Waals surface area contributed by atoms with Crippen LogP contribution in [-0.2, 0) is 25.8 Å². The lowest BCUT2D eigenvalue weighted by Gasteiger charge is -2.26. The van der Waals surface area contributed by atoms with Gasteiger partial charge in [-0.15, -0.1) is 0 Å². The van der Waals surface area contributed by atoms with Crippen LogP contribution in [0.15, 0.2) is 53.4 Å². The molecular weight excluding hydrogens is 378 g/mol. The number of hydrogen-bond donors (Lipinski definition) is 1. The average Bonchev–Trinajstić information content (AvgIpc) is 2.72. The highest BCUT2D eigenvalue weighted by molar-refractivity contribution is 7.91. The van der Waals surface area contributed by atoms with Crippen LogP contribution in [0.4, 0.5) is 0 Å². The maximum atomic E-state index is 12.4. The van der Waals surface area contributed by atoms with Crippen LogP contribution in [0.1, 0.15) is 47.3 Å². The van der Waals surface area contributed by atoms with Crippen LogP contribution < -0.4 is 5.32 Å². The van der Waals surface area contributed by atoms with Crippen LogP contribution in [0.25, 0.3) is 0 Å². The van der Waals surface area contributed by atoms with Crippen LogP contribution in [0.3, 0.4) is 0 Å². The highest BCUT2D eigenvalue weighted by Crippen LogP contribution is 2.29. The Kier molecular flexibility index (Phi) is 6.14. The smallest absolute Gasteiger partial charge is 0.339 e. The molecule has 0 radical (unpaired) electrons. The van der Waals surface area contributed by atoms with Gasteiger partial charge in [-0.25, -0.2) is 13.2 Å². The highest BCUT2D eigenvalue weighted by Gasteiger charge is 2.24. The molecule has 1 atom stereocenters. The van der Waals surface area contributed by atoms with E-state index >= 15 is 0 Å². The number of benzene rings is 2. The zero-order valence-electron chi connectivity index (χ0n) is 15.7. The lowest BCUT2D eigenvalue weighted by atomic mass is 9.88. The van der Waals surface area contributed by atoms with Crippen LogP contribution in [0.2, 0.25) is 0 Å². The Hall–Kier alpha value is -2.67. The number of amides is 1. The number of rotatable bonds is 6. The lowest BCUT2D eigenvalue weighted by molar-refractivity contribution is -0.125. The summed E-state index contributed by atoms with van der Waals surface area (Å²) in [5.74, 6) is -1.36. The molecule has 1 aliphatic carbocycles. The predicted octanol–water partition coefficient (Wildman–Crippen LogP) is 2.83. The molecule has 0 spiro atoms. The quantitative estimate of drug-likeness (QED) is 0.752.